The predicted octanol–water partition coefficient (Wildman–Crippen LogP) is 4.17. The van der Waals surface area contributed by atoms with Crippen molar-refractivity contribution in [3.63, 3.8) is 0 Å². The molecule has 0 N–H and O–H groups in total. The first kappa shape index (κ1) is 18.0. The van der Waals surface area contributed by atoms with Crippen LogP contribution in [0.2, 0.25) is 0 Å². The Hall–Kier alpha value is -1.06. The molecule has 4 nitrogen and oxygen atoms in total. The van der Waals surface area contributed by atoms with Crippen molar-refractivity contribution in [3.8, 4) is 0 Å². The van der Waals surface area contributed by atoms with Crippen LogP contribution in [0.5, 0.6) is 0 Å². The number of rotatable bonds is 4. The summed E-state index contributed by atoms with van der Waals surface area (Å²) in [4.78, 5) is 28.8. The number of nitrogens with zero attached hydrogens (tertiary/aromatic N) is 1. The summed E-state index contributed by atoms with van der Waals surface area (Å²) >= 11 is 0. The average molecular weight is 374 g/mol. The molecule has 4 heterocycles. The van der Waals surface area contributed by atoms with E-state index in [1.165, 1.54) is 39.2 Å². The molecular weight excluding hydrogens is 338 g/mol. The van der Waals surface area contributed by atoms with Gasteiger partial charge in [0.15, 0.2) is 0 Å². The fourth-order valence-electron chi connectivity index (χ4n) is 9.21. The lowest BCUT2D eigenvalue weighted by Gasteiger charge is -2.70. The van der Waals surface area contributed by atoms with Crippen molar-refractivity contribution >= 4 is 11.9 Å². The van der Waals surface area contributed by atoms with Crippen molar-refractivity contribution in [2.24, 2.45) is 34.0 Å². The van der Waals surface area contributed by atoms with E-state index in [9.17, 15) is 9.59 Å². The number of hydrogen-bond acceptors (Lipinski definition) is 3. The highest BCUT2D eigenvalue weighted by molar-refractivity contribution is 5.89. The highest BCUT2D eigenvalue weighted by Crippen LogP contribution is 2.80. The molecule has 0 aromatic heterocycles. The Labute approximate surface area is 163 Å². The van der Waals surface area contributed by atoms with Gasteiger partial charge in [-0.15, -0.1) is 0 Å². The summed E-state index contributed by atoms with van der Waals surface area (Å²) in [7, 11) is 1.47. The standard InChI is InChI=1S/C23H35NO3/c1-14(2)16-8-11-21(3)15-7-12-22-10-5-6-17(22)23(21,13-9-18(25)27-4)20(26)24(16)19(15)22/h14-17,19H,5-13H2,1-4H3/t15?,16?,17-,19-,21+,22-,23+/m1/s1. The Bertz CT molecular complexity index is 689. The summed E-state index contributed by atoms with van der Waals surface area (Å²) in [6.45, 7) is 7.02. The van der Waals surface area contributed by atoms with Gasteiger partial charge in [-0.05, 0) is 73.5 Å². The minimum atomic E-state index is -0.336. The Morgan fingerprint density at radius 2 is 2.00 bits per heavy atom. The second-order valence-corrected chi connectivity index (χ2v) is 10.8. The lowest BCUT2D eigenvalue weighted by Crippen LogP contribution is -2.76. The average Bonchev–Trinajstić information content (AvgIpc) is 3.17. The summed E-state index contributed by atoms with van der Waals surface area (Å²) < 4.78 is 5.00. The van der Waals surface area contributed by atoms with Crippen molar-refractivity contribution < 1.29 is 14.3 Å². The van der Waals surface area contributed by atoms with Gasteiger partial charge in [-0.1, -0.05) is 27.2 Å². The zero-order valence-corrected chi connectivity index (χ0v) is 17.4. The van der Waals surface area contributed by atoms with Gasteiger partial charge < -0.3 is 9.64 Å². The van der Waals surface area contributed by atoms with Crippen molar-refractivity contribution in [2.45, 2.75) is 90.6 Å². The number of piperidine rings is 2. The van der Waals surface area contributed by atoms with Crippen LogP contribution in [0.4, 0.5) is 0 Å². The number of amides is 1. The van der Waals surface area contributed by atoms with Crippen molar-refractivity contribution in [3.05, 3.63) is 0 Å². The van der Waals surface area contributed by atoms with E-state index < -0.39 is 0 Å². The fourth-order valence-corrected chi connectivity index (χ4v) is 9.21. The molecule has 150 valence electrons. The number of carbonyl (C=O) groups is 2. The number of ether oxygens (including phenoxy) is 1. The molecule has 3 aliphatic carbocycles. The zero-order chi connectivity index (χ0) is 19.2. The summed E-state index contributed by atoms with van der Waals surface area (Å²) in [5.74, 6) is 1.88. The Kier molecular flexibility index (Phi) is 3.67. The molecular formula is C23H35NO3. The van der Waals surface area contributed by atoms with E-state index in [2.05, 4.69) is 25.7 Å². The van der Waals surface area contributed by atoms with Crippen LogP contribution < -0.4 is 0 Å². The minimum absolute atomic E-state index is 0.0535. The van der Waals surface area contributed by atoms with E-state index in [1.54, 1.807) is 0 Å². The first-order valence-corrected chi connectivity index (χ1v) is 11.2. The number of methoxy groups -OCH3 is 1. The number of fused-ring (bicyclic) bond motifs is 2. The van der Waals surface area contributed by atoms with Crippen LogP contribution >= 0.6 is 0 Å². The molecule has 1 spiro atoms. The van der Waals surface area contributed by atoms with Gasteiger partial charge in [0.2, 0.25) is 5.91 Å². The molecule has 27 heavy (non-hydrogen) atoms. The number of carbonyl (C=O) groups excluding carboxylic acids is 2. The third-order valence-electron chi connectivity index (χ3n) is 10.1. The molecule has 3 saturated carbocycles. The van der Waals surface area contributed by atoms with Gasteiger partial charge in [-0.25, -0.2) is 0 Å². The van der Waals surface area contributed by atoms with Gasteiger partial charge in [0, 0.05) is 18.5 Å². The van der Waals surface area contributed by atoms with Crippen LogP contribution in [-0.4, -0.2) is 36.0 Å². The Morgan fingerprint density at radius 3 is 2.70 bits per heavy atom. The van der Waals surface area contributed by atoms with E-state index in [0.29, 0.717) is 54.0 Å². The predicted molar refractivity (Wildman–Crippen MR) is 103 cm³/mol. The number of hydrogen-bond donors (Lipinski definition) is 0. The van der Waals surface area contributed by atoms with Gasteiger partial charge in [-0.3, -0.25) is 9.59 Å². The third-order valence-corrected chi connectivity index (χ3v) is 10.1. The topological polar surface area (TPSA) is 46.6 Å². The highest BCUT2D eigenvalue weighted by atomic mass is 16.5. The molecule has 1 amide bonds. The van der Waals surface area contributed by atoms with Crippen LogP contribution in [0.3, 0.4) is 0 Å². The molecule has 6 bridgehead atoms. The van der Waals surface area contributed by atoms with E-state index in [4.69, 9.17) is 4.74 Å². The molecule has 4 aliphatic heterocycles. The summed E-state index contributed by atoms with van der Waals surface area (Å²) in [6, 6.07) is 0.848. The van der Waals surface area contributed by atoms with Crippen LogP contribution in [0.1, 0.15) is 78.6 Å². The maximum atomic E-state index is 14.2. The summed E-state index contributed by atoms with van der Waals surface area (Å²) in [6.07, 6.45) is 9.70. The van der Waals surface area contributed by atoms with Crippen molar-refractivity contribution in [1.29, 1.82) is 0 Å². The molecule has 4 saturated heterocycles. The lowest BCUT2D eigenvalue weighted by atomic mass is 9.39. The first-order chi connectivity index (χ1) is 12.8. The monoisotopic (exact) mass is 373 g/mol. The van der Waals surface area contributed by atoms with E-state index in [0.717, 1.165) is 12.8 Å². The summed E-state index contributed by atoms with van der Waals surface area (Å²) in [5, 5.41) is 0. The highest BCUT2D eigenvalue weighted by Gasteiger charge is 2.82. The van der Waals surface area contributed by atoms with Crippen molar-refractivity contribution in [1.82, 2.24) is 4.90 Å². The molecule has 0 radical (unpaired) electrons. The second-order valence-electron chi connectivity index (χ2n) is 10.8. The molecule has 7 fully saturated rings. The van der Waals surface area contributed by atoms with Crippen LogP contribution in [0, 0.1) is 34.0 Å². The lowest BCUT2D eigenvalue weighted by molar-refractivity contribution is -0.228. The smallest absolute Gasteiger partial charge is 0.305 e. The van der Waals surface area contributed by atoms with E-state index in [1.807, 2.05) is 0 Å². The first-order valence-electron chi connectivity index (χ1n) is 11.2. The van der Waals surface area contributed by atoms with Gasteiger partial charge in [-0.2, -0.15) is 0 Å². The fraction of sp³-hybridized carbons (Fsp3) is 0.913. The van der Waals surface area contributed by atoms with Crippen LogP contribution in [0.25, 0.3) is 0 Å². The molecule has 4 heteroatoms. The third kappa shape index (κ3) is 1.82. The minimum Gasteiger partial charge on any atom is -0.469 e. The molecule has 7 aliphatic rings. The Balaban J connectivity index is 1.70. The summed E-state index contributed by atoms with van der Waals surface area (Å²) in [5.41, 5.74) is 0.0564. The van der Waals surface area contributed by atoms with Crippen LogP contribution in [0.15, 0.2) is 0 Å². The quantitative estimate of drug-likeness (QED) is 0.695. The SMILES string of the molecule is COC(=O)CC[C@]12C(=O)N3C(C(C)C)CC[C@@]1(C)C1CC[C@@]4(CCC[C@H]42)[C@@H]13. The Morgan fingerprint density at radius 1 is 1.22 bits per heavy atom. The molecule has 0 aromatic rings. The van der Waals surface area contributed by atoms with E-state index in [-0.39, 0.29) is 16.8 Å². The molecule has 7 rings (SSSR count). The van der Waals surface area contributed by atoms with Gasteiger partial charge >= 0.3 is 5.97 Å². The van der Waals surface area contributed by atoms with Gasteiger partial charge in [0.05, 0.1) is 12.5 Å². The maximum absolute atomic E-state index is 14.2. The van der Waals surface area contributed by atoms with Gasteiger partial charge in [0.1, 0.15) is 0 Å². The largest absolute Gasteiger partial charge is 0.469 e. The van der Waals surface area contributed by atoms with Gasteiger partial charge in [0.25, 0.3) is 0 Å². The normalized spacial score (nSPS) is 49.7. The van der Waals surface area contributed by atoms with E-state index >= 15 is 0 Å². The molecule has 2 unspecified atom stereocenters. The number of esters is 1. The van der Waals surface area contributed by atoms with Crippen molar-refractivity contribution in [2.75, 3.05) is 7.11 Å². The zero-order valence-electron chi connectivity index (χ0n) is 17.4. The maximum Gasteiger partial charge on any atom is 0.305 e. The molecule has 0 aromatic carbocycles. The molecule has 7 atom stereocenters. The van der Waals surface area contributed by atoms with Crippen LogP contribution in [-0.2, 0) is 14.3 Å². The second kappa shape index (κ2) is 5.51.